The van der Waals surface area contributed by atoms with E-state index in [9.17, 15) is 8.78 Å². The van der Waals surface area contributed by atoms with Crippen molar-refractivity contribution < 1.29 is 17.9 Å². The van der Waals surface area contributed by atoms with Crippen molar-refractivity contribution in [3.8, 4) is 28.0 Å². The Hall–Kier alpha value is -3.53. The van der Waals surface area contributed by atoms with Crippen LogP contribution in [0.25, 0.3) is 22.3 Å². The summed E-state index contributed by atoms with van der Waals surface area (Å²) in [5, 5.41) is 0. The highest BCUT2D eigenvalue weighted by atomic mass is 19.2. The molecule has 0 saturated carbocycles. The Balaban J connectivity index is 1.47. The Morgan fingerprint density at radius 3 is 1.63 bits per heavy atom. The van der Waals surface area contributed by atoms with Crippen LogP contribution in [0.15, 0.2) is 78.9 Å². The molecule has 4 heteroatoms. The zero-order valence-electron chi connectivity index (χ0n) is 20.1. The molecule has 0 bridgehead atoms. The summed E-state index contributed by atoms with van der Waals surface area (Å²) in [6, 6.07) is 23.1. The average Bonchev–Trinajstić information content (AvgIpc) is 2.87. The average molecular weight is 475 g/mol. The monoisotopic (exact) mass is 474 g/mol. The van der Waals surface area contributed by atoms with E-state index < -0.39 is 11.6 Å². The molecule has 0 aromatic heterocycles. The molecule has 4 rings (SSSR count). The largest absolute Gasteiger partial charge is 0.494 e. The first kappa shape index (κ1) is 24.6. The number of benzene rings is 4. The fraction of sp³-hybridized carbons (Fsp3) is 0.226. The van der Waals surface area contributed by atoms with Crippen LogP contribution in [-0.2, 0) is 19.3 Å². The normalized spacial score (nSPS) is 11.0. The molecule has 0 atom stereocenters. The van der Waals surface area contributed by atoms with Gasteiger partial charge in [0.05, 0.1) is 6.61 Å². The molecule has 4 aromatic carbocycles. The maximum atomic E-state index is 15.0. The van der Waals surface area contributed by atoms with E-state index in [0.717, 1.165) is 18.4 Å². The molecule has 180 valence electrons. The first-order valence-corrected chi connectivity index (χ1v) is 12.1. The predicted molar refractivity (Wildman–Crippen MR) is 136 cm³/mol. The molecule has 0 aliphatic rings. The van der Waals surface area contributed by atoms with Crippen LogP contribution in [0, 0.1) is 17.5 Å². The van der Waals surface area contributed by atoms with Gasteiger partial charge in [0.25, 0.3) is 0 Å². The molecule has 0 amide bonds. The summed E-state index contributed by atoms with van der Waals surface area (Å²) < 4.78 is 49.6. The topological polar surface area (TPSA) is 9.23 Å². The third kappa shape index (κ3) is 5.76. The number of halogens is 3. The van der Waals surface area contributed by atoms with Gasteiger partial charge < -0.3 is 4.74 Å². The lowest BCUT2D eigenvalue weighted by molar-refractivity contribution is 0.338. The lowest BCUT2D eigenvalue weighted by atomic mass is 9.96. The van der Waals surface area contributed by atoms with Crippen LogP contribution in [0.5, 0.6) is 5.75 Å². The first-order valence-electron chi connectivity index (χ1n) is 12.1. The molecule has 0 saturated heterocycles. The third-order valence-corrected chi connectivity index (χ3v) is 6.17. The van der Waals surface area contributed by atoms with Crippen molar-refractivity contribution >= 4 is 0 Å². The minimum Gasteiger partial charge on any atom is -0.494 e. The van der Waals surface area contributed by atoms with Crippen LogP contribution in [-0.4, -0.2) is 6.61 Å². The van der Waals surface area contributed by atoms with E-state index in [0.29, 0.717) is 41.9 Å². The van der Waals surface area contributed by atoms with E-state index in [1.807, 2.05) is 43.3 Å². The number of hydrogen-bond acceptors (Lipinski definition) is 1. The van der Waals surface area contributed by atoms with Gasteiger partial charge in [0.2, 0.25) is 0 Å². The molecule has 0 unspecified atom stereocenters. The smallest absolute Gasteiger partial charge is 0.167 e. The number of rotatable bonds is 9. The van der Waals surface area contributed by atoms with Gasteiger partial charge in [-0.25, -0.2) is 13.2 Å². The van der Waals surface area contributed by atoms with Gasteiger partial charge in [0.15, 0.2) is 11.6 Å². The third-order valence-electron chi connectivity index (χ3n) is 6.17. The highest BCUT2D eigenvalue weighted by Crippen LogP contribution is 2.32. The maximum Gasteiger partial charge on any atom is 0.167 e. The highest BCUT2D eigenvalue weighted by molar-refractivity contribution is 5.72. The number of hydrogen-bond donors (Lipinski definition) is 0. The molecule has 1 nitrogen and oxygen atoms in total. The van der Waals surface area contributed by atoms with Gasteiger partial charge in [0.1, 0.15) is 11.6 Å². The van der Waals surface area contributed by atoms with E-state index in [2.05, 4.69) is 6.92 Å². The second kappa shape index (κ2) is 11.3. The summed E-state index contributed by atoms with van der Waals surface area (Å²) in [6.07, 6.45) is 3.16. The van der Waals surface area contributed by atoms with Crippen molar-refractivity contribution in [3.05, 3.63) is 113 Å². The zero-order chi connectivity index (χ0) is 24.8. The molecule has 0 heterocycles. The fourth-order valence-electron chi connectivity index (χ4n) is 4.25. The first-order chi connectivity index (χ1) is 17.0. The minimum atomic E-state index is -0.857. The van der Waals surface area contributed by atoms with Crippen LogP contribution in [0.1, 0.15) is 37.0 Å². The van der Waals surface area contributed by atoms with Gasteiger partial charge in [-0.15, -0.1) is 0 Å². The predicted octanol–water partition coefficient (Wildman–Crippen LogP) is 8.57. The molecule has 35 heavy (non-hydrogen) atoms. The summed E-state index contributed by atoms with van der Waals surface area (Å²) in [5.41, 5.74) is 4.52. The molecule has 0 aliphatic carbocycles. The van der Waals surface area contributed by atoms with Crippen molar-refractivity contribution in [1.82, 2.24) is 0 Å². The van der Waals surface area contributed by atoms with Gasteiger partial charge in [0, 0.05) is 17.2 Å². The van der Waals surface area contributed by atoms with Gasteiger partial charge in [-0.05, 0) is 60.1 Å². The van der Waals surface area contributed by atoms with Crippen molar-refractivity contribution in [1.29, 1.82) is 0 Å². The van der Waals surface area contributed by atoms with Crippen molar-refractivity contribution in [3.63, 3.8) is 0 Å². The summed E-state index contributed by atoms with van der Waals surface area (Å²) in [5.74, 6) is -1.47. The maximum absolute atomic E-state index is 15.0. The van der Waals surface area contributed by atoms with Crippen molar-refractivity contribution in [2.45, 2.75) is 39.5 Å². The lowest BCUT2D eigenvalue weighted by Gasteiger charge is -2.11. The SMILES string of the molecule is CCCc1ccc(-c2ccc(-c3ccc(CCc4ccc(OCC)cc4F)cc3)c(F)c2F)cc1. The van der Waals surface area contributed by atoms with E-state index in [1.165, 1.54) is 11.6 Å². The minimum absolute atomic E-state index is 0.220. The zero-order valence-corrected chi connectivity index (χ0v) is 20.1. The van der Waals surface area contributed by atoms with Crippen LogP contribution >= 0.6 is 0 Å². The molecule has 0 spiro atoms. The molecule has 0 radical (unpaired) electrons. The fourth-order valence-corrected chi connectivity index (χ4v) is 4.25. The molecule has 0 N–H and O–H groups in total. The number of ether oxygens (including phenoxy) is 1. The molecule has 0 aliphatic heterocycles. The van der Waals surface area contributed by atoms with Crippen LogP contribution in [0.4, 0.5) is 13.2 Å². The van der Waals surface area contributed by atoms with E-state index in [4.69, 9.17) is 4.74 Å². The quantitative estimate of drug-likeness (QED) is 0.236. The van der Waals surface area contributed by atoms with Crippen molar-refractivity contribution in [2.24, 2.45) is 0 Å². The summed E-state index contributed by atoms with van der Waals surface area (Å²) in [6.45, 7) is 4.45. The Bertz CT molecular complexity index is 1280. The second-order valence-corrected chi connectivity index (χ2v) is 8.62. The van der Waals surface area contributed by atoms with Crippen molar-refractivity contribution in [2.75, 3.05) is 6.61 Å². The van der Waals surface area contributed by atoms with Crippen LogP contribution < -0.4 is 4.74 Å². The molecular formula is C31H29F3O. The number of aryl methyl sites for hydroxylation is 3. The van der Waals surface area contributed by atoms with Gasteiger partial charge >= 0.3 is 0 Å². The van der Waals surface area contributed by atoms with Crippen LogP contribution in [0.2, 0.25) is 0 Å². The lowest BCUT2D eigenvalue weighted by Crippen LogP contribution is -1.98. The highest BCUT2D eigenvalue weighted by Gasteiger charge is 2.16. The molecule has 0 fully saturated rings. The summed E-state index contributed by atoms with van der Waals surface area (Å²) in [4.78, 5) is 0. The van der Waals surface area contributed by atoms with Gasteiger partial charge in [-0.1, -0.05) is 80.1 Å². The molecule has 4 aromatic rings. The Kier molecular flexibility index (Phi) is 7.91. The van der Waals surface area contributed by atoms with Gasteiger partial charge in [-0.3, -0.25) is 0 Å². The Labute approximate surface area is 205 Å². The summed E-state index contributed by atoms with van der Waals surface area (Å²) >= 11 is 0. The molecular weight excluding hydrogens is 445 g/mol. The van der Waals surface area contributed by atoms with E-state index in [-0.39, 0.29) is 16.9 Å². The Morgan fingerprint density at radius 1 is 0.600 bits per heavy atom. The van der Waals surface area contributed by atoms with Gasteiger partial charge in [-0.2, -0.15) is 0 Å². The standard InChI is InChI=1S/C31H29F3O/c1-3-5-21-6-11-23(12-7-21)27-18-19-28(31(34)30(27)33)24-13-8-22(9-14-24)10-15-25-16-17-26(35-4-2)20-29(25)32/h6-9,11-14,16-20H,3-5,10,15H2,1-2H3. The second-order valence-electron chi connectivity index (χ2n) is 8.62. The summed E-state index contributed by atoms with van der Waals surface area (Å²) in [7, 11) is 0. The Morgan fingerprint density at radius 2 is 1.14 bits per heavy atom. The van der Waals surface area contributed by atoms with E-state index >= 15 is 4.39 Å². The van der Waals surface area contributed by atoms with E-state index in [1.54, 1.807) is 36.4 Å². The van der Waals surface area contributed by atoms with Crippen LogP contribution in [0.3, 0.4) is 0 Å².